The molecule has 20 heavy (non-hydrogen) atoms. The van der Waals surface area contributed by atoms with Gasteiger partial charge in [-0.25, -0.2) is 0 Å². The molecule has 1 aliphatic heterocycles. The first-order valence-electron chi connectivity index (χ1n) is 6.99. The molecule has 0 bridgehead atoms. The first-order valence-corrected chi connectivity index (χ1v) is 7.87. The van der Waals surface area contributed by atoms with Crippen LogP contribution in [0.1, 0.15) is 24.1 Å². The molecule has 6 heteroatoms. The molecule has 1 aliphatic rings. The molecule has 1 fully saturated rings. The lowest BCUT2D eigenvalue weighted by atomic mass is 9.98. The van der Waals surface area contributed by atoms with E-state index >= 15 is 0 Å². The van der Waals surface area contributed by atoms with Gasteiger partial charge in [-0.15, -0.1) is 23.7 Å². The third kappa shape index (κ3) is 5.79. The van der Waals surface area contributed by atoms with Crippen molar-refractivity contribution < 1.29 is 4.79 Å². The summed E-state index contributed by atoms with van der Waals surface area (Å²) in [5.74, 6) is 0.660. The Kier molecular flexibility index (Phi) is 8.14. The van der Waals surface area contributed by atoms with E-state index in [1.807, 2.05) is 11.3 Å². The van der Waals surface area contributed by atoms with Gasteiger partial charge in [0.1, 0.15) is 0 Å². The summed E-state index contributed by atoms with van der Waals surface area (Å²) < 4.78 is 0. The summed E-state index contributed by atoms with van der Waals surface area (Å²) in [6, 6.07) is 4.30. The van der Waals surface area contributed by atoms with Crippen LogP contribution in [0.4, 0.5) is 0 Å². The number of carbonyl (C=O) groups excluding carboxylic acids is 1. The van der Waals surface area contributed by atoms with Crippen molar-refractivity contribution in [3.63, 3.8) is 0 Å². The normalized spacial score (nSPS) is 19.4. The summed E-state index contributed by atoms with van der Waals surface area (Å²) in [7, 11) is 0. The van der Waals surface area contributed by atoms with Crippen LogP contribution < -0.4 is 11.1 Å². The standard InChI is InChI=1S/C14H23N3OS.ClH/c15-6-5-14(18)16-9-12-3-1-7-17(10-12)11-13-4-2-8-19-13;/h2,4,8,12H,1,3,5-7,9-11,15H2,(H,16,18);1H. The number of likely N-dealkylation sites (tertiary alicyclic amines) is 1. The van der Waals surface area contributed by atoms with Gasteiger partial charge >= 0.3 is 0 Å². The van der Waals surface area contributed by atoms with Gasteiger partial charge in [-0.3, -0.25) is 9.69 Å². The van der Waals surface area contributed by atoms with Crippen molar-refractivity contribution in [3.8, 4) is 0 Å². The Morgan fingerprint density at radius 1 is 1.55 bits per heavy atom. The van der Waals surface area contributed by atoms with Crippen molar-refractivity contribution in [2.24, 2.45) is 11.7 Å². The Balaban J connectivity index is 0.00000200. The molecule has 3 N–H and O–H groups in total. The van der Waals surface area contributed by atoms with Crippen molar-refractivity contribution in [1.29, 1.82) is 0 Å². The van der Waals surface area contributed by atoms with Crippen molar-refractivity contribution in [3.05, 3.63) is 22.4 Å². The lowest BCUT2D eigenvalue weighted by molar-refractivity contribution is -0.121. The van der Waals surface area contributed by atoms with Crippen molar-refractivity contribution >= 4 is 29.7 Å². The van der Waals surface area contributed by atoms with Crippen LogP contribution in [-0.2, 0) is 11.3 Å². The molecule has 1 unspecified atom stereocenters. The molecule has 0 aliphatic carbocycles. The van der Waals surface area contributed by atoms with Gasteiger partial charge in [0.25, 0.3) is 0 Å². The van der Waals surface area contributed by atoms with Gasteiger partial charge in [0, 0.05) is 37.5 Å². The molecule has 0 radical (unpaired) electrons. The number of thiophene rings is 1. The number of halogens is 1. The van der Waals surface area contributed by atoms with E-state index in [1.165, 1.54) is 24.3 Å². The predicted molar refractivity (Wildman–Crippen MR) is 86.2 cm³/mol. The van der Waals surface area contributed by atoms with Crippen LogP contribution in [0.25, 0.3) is 0 Å². The van der Waals surface area contributed by atoms with Crippen LogP contribution in [0.5, 0.6) is 0 Å². The van der Waals surface area contributed by atoms with Gasteiger partial charge in [0.2, 0.25) is 5.91 Å². The van der Waals surface area contributed by atoms with Crippen molar-refractivity contribution in [1.82, 2.24) is 10.2 Å². The highest BCUT2D eigenvalue weighted by atomic mass is 35.5. The maximum absolute atomic E-state index is 11.4. The van der Waals surface area contributed by atoms with E-state index in [-0.39, 0.29) is 18.3 Å². The molecule has 2 rings (SSSR count). The summed E-state index contributed by atoms with van der Waals surface area (Å²) >= 11 is 1.82. The Labute approximate surface area is 131 Å². The second-order valence-electron chi connectivity index (χ2n) is 5.17. The molecule has 0 saturated carbocycles. The summed E-state index contributed by atoms with van der Waals surface area (Å²) in [6.07, 6.45) is 2.87. The van der Waals surface area contributed by atoms with Crippen LogP contribution in [0, 0.1) is 5.92 Å². The van der Waals surface area contributed by atoms with Gasteiger partial charge in [-0.1, -0.05) is 6.07 Å². The number of amides is 1. The molecule has 0 aromatic carbocycles. The largest absolute Gasteiger partial charge is 0.356 e. The van der Waals surface area contributed by atoms with Gasteiger partial charge in [-0.05, 0) is 36.8 Å². The number of hydrogen-bond acceptors (Lipinski definition) is 4. The quantitative estimate of drug-likeness (QED) is 0.842. The van der Waals surface area contributed by atoms with E-state index in [2.05, 4.69) is 27.7 Å². The first-order chi connectivity index (χ1) is 9.28. The van der Waals surface area contributed by atoms with Crippen LogP contribution >= 0.6 is 23.7 Å². The topological polar surface area (TPSA) is 58.4 Å². The third-order valence-corrected chi connectivity index (χ3v) is 4.38. The van der Waals surface area contributed by atoms with Gasteiger partial charge in [-0.2, -0.15) is 0 Å². The minimum Gasteiger partial charge on any atom is -0.356 e. The van der Waals surface area contributed by atoms with E-state index in [0.717, 1.165) is 19.6 Å². The fourth-order valence-corrected chi connectivity index (χ4v) is 3.31. The summed E-state index contributed by atoms with van der Waals surface area (Å²) in [6.45, 7) is 4.53. The van der Waals surface area contributed by atoms with Crippen LogP contribution in [0.2, 0.25) is 0 Å². The number of nitrogens with one attached hydrogen (secondary N) is 1. The third-order valence-electron chi connectivity index (χ3n) is 3.52. The van der Waals surface area contributed by atoms with Gasteiger partial charge < -0.3 is 11.1 Å². The maximum Gasteiger partial charge on any atom is 0.221 e. The minimum atomic E-state index is 0. The molecule has 1 saturated heterocycles. The number of carbonyl (C=O) groups is 1. The highest BCUT2D eigenvalue weighted by Crippen LogP contribution is 2.19. The van der Waals surface area contributed by atoms with Crippen LogP contribution in [0.15, 0.2) is 17.5 Å². The molecular formula is C14H24ClN3OS. The summed E-state index contributed by atoms with van der Waals surface area (Å²) in [5, 5.41) is 5.12. The van der Waals surface area contributed by atoms with Crippen molar-refractivity contribution in [2.75, 3.05) is 26.2 Å². The average Bonchev–Trinajstić information content (AvgIpc) is 2.90. The Bertz CT molecular complexity index is 386. The Morgan fingerprint density at radius 3 is 3.10 bits per heavy atom. The molecule has 2 heterocycles. The number of nitrogens with zero attached hydrogens (tertiary/aromatic N) is 1. The number of nitrogens with two attached hydrogens (primary N) is 1. The van der Waals surface area contributed by atoms with E-state index in [0.29, 0.717) is 18.9 Å². The number of rotatable bonds is 6. The average molecular weight is 318 g/mol. The number of piperidine rings is 1. The molecule has 0 spiro atoms. The molecule has 4 nitrogen and oxygen atoms in total. The Hall–Kier alpha value is -0.620. The smallest absolute Gasteiger partial charge is 0.221 e. The molecule has 1 aromatic rings. The Morgan fingerprint density at radius 2 is 2.40 bits per heavy atom. The molecule has 1 atom stereocenters. The molecule has 1 amide bonds. The summed E-state index contributed by atoms with van der Waals surface area (Å²) in [4.78, 5) is 15.3. The molecule has 114 valence electrons. The van der Waals surface area contributed by atoms with E-state index in [1.54, 1.807) is 0 Å². The van der Waals surface area contributed by atoms with Crippen molar-refractivity contribution in [2.45, 2.75) is 25.8 Å². The summed E-state index contributed by atoms with van der Waals surface area (Å²) in [5.41, 5.74) is 5.37. The lowest BCUT2D eigenvalue weighted by Crippen LogP contribution is -2.40. The second-order valence-corrected chi connectivity index (χ2v) is 6.20. The second kappa shape index (κ2) is 9.34. The SMILES string of the molecule is Cl.NCCC(=O)NCC1CCCN(Cc2cccs2)C1. The van der Waals surface area contributed by atoms with E-state index < -0.39 is 0 Å². The zero-order valence-corrected chi connectivity index (χ0v) is 13.3. The minimum absolute atomic E-state index is 0. The highest BCUT2D eigenvalue weighted by molar-refractivity contribution is 7.09. The van der Waals surface area contributed by atoms with E-state index in [4.69, 9.17) is 5.73 Å². The van der Waals surface area contributed by atoms with Gasteiger partial charge in [0.15, 0.2) is 0 Å². The molecule has 1 aromatic heterocycles. The maximum atomic E-state index is 11.4. The highest BCUT2D eigenvalue weighted by Gasteiger charge is 2.20. The fraction of sp³-hybridized carbons (Fsp3) is 0.643. The van der Waals surface area contributed by atoms with Gasteiger partial charge in [0.05, 0.1) is 0 Å². The van der Waals surface area contributed by atoms with E-state index in [9.17, 15) is 4.79 Å². The van der Waals surface area contributed by atoms with Crippen LogP contribution in [0.3, 0.4) is 0 Å². The van der Waals surface area contributed by atoms with Crippen LogP contribution in [-0.4, -0.2) is 37.0 Å². The zero-order chi connectivity index (χ0) is 13.5. The fourth-order valence-electron chi connectivity index (χ4n) is 2.56. The molecular weight excluding hydrogens is 294 g/mol. The zero-order valence-electron chi connectivity index (χ0n) is 11.7. The predicted octanol–water partition coefficient (Wildman–Crippen LogP) is 1.85. The lowest BCUT2D eigenvalue weighted by Gasteiger charge is -2.32. The number of hydrogen-bond donors (Lipinski definition) is 2. The monoisotopic (exact) mass is 317 g/mol. The first kappa shape index (κ1) is 17.4.